The molecule has 0 radical (unpaired) electrons. The van der Waals surface area contributed by atoms with Gasteiger partial charge in [0.2, 0.25) is 0 Å². The van der Waals surface area contributed by atoms with Crippen LogP contribution in [0.2, 0.25) is 0 Å². The van der Waals surface area contributed by atoms with Crippen LogP contribution < -0.4 is 0 Å². The van der Waals surface area contributed by atoms with E-state index in [1.165, 1.54) is 37.1 Å². The summed E-state index contributed by atoms with van der Waals surface area (Å²) in [6, 6.07) is 22.7. The monoisotopic (exact) mass is 329 g/mol. The highest BCUT2D eigenvalue weighted by molar-refractivity contribution is 5.85. The van der Waals surface area contributed by atoms with Crippen molar-refractivity contribution in [3.8, 4) is 0 Å². The minimum atomic E-state index is 0. The molecule has 1 saturated heterocycles. The number of nitrogens with zero attached hydrogens (tertiary/aromatic N) is 1. The Morgan fingerprint density at radius 1 is 0.913 bits per heavy atom. The average molecular weight is 330 g/mol. The first-order chi connectivity index (χ1) is 10.7. The molecule has 2 aromatic rings. The van der Waals surface area contributed by atoms with Gasteiger partial charge < -0.3 is 4.90 Å². The van der Waals surface area contributed by atoms with E-state index in [1.807, 2.05) is 0 Å². The molecule has 1 aliphatic heterocycles. The molecule has 0 bridgehead atoms. The van der Waals surface area contributed by atoms with Crippen LogP contribution in [-0.2, 0) is 0 Å². The van der Waals surface area contributed by atoms with Crippen LogP contribution in [-0.4, -0.2) is 24.0 Å². The van der Waals surface area contributed by atoms with Gasteiger partial charge in [-0.2, -0.15) is 0 Å². The number of halogens is 1. The molecule has 1 atom stereocenters. The van der Waals surface area contributed by atoms with Crippen LogP contribution in [0.1, 0.15) is 43.7 Å². The van der Waals surface area contributed by atoms with E-state index < -0.39 is 0 Å². The molecule has 2 heteroatoms. The van der Waals surface area contributed by atoms with E-state index in [9.17, 15) is 0 Å². The molecule has 1 heterocycles. The van der Waals surface area contributed by atoms with Crippen LogP contribution in [0.3, 0.4) is 0 Å². The maximum Gasteiger partial charge on any atom is 0.00924 e. The molecule has 0 aliphatic carbocycles. The van der Waals surface area contributed by atoms with Crippen LogP contribution in [0.4, 0.5) is 0 Å². The van der Waals surface area contributed by atoms with Crippen molar-refractivity contribution in [3.63, 3.8) is 0 Å². The Morgan fingerprint density at radius 2 is 1.43 bits per heavy atom. The van der Waals surface area contributed by atoms with E-state index in [0.29, 0.717) is 12.0 Å². The zero-order chi connectivity index (χ0) is 15.4. The molecule has 0 spiro atoms. The van der Waals surface area contributed by atoms with Crippen LogP contribution in [0.15, 0.2) is 60.7 Å². The maximum absolute atomic E-state index is 2.62. The molecular weight excluding hydrogens is 302 g/mol. The van der Waals surface area contributed by atoms with E-state index >= 15 is 0 Å². The van der Waals surface area contributed by atoms with E-state index in [-0.39, 0.29) is 12.4 Å². The first-order valence-corrected chi connectivity index (χ1v) is 8.58. The zero-order valence-corrected chi connectivity index (χ0v) is 15.0. The van der Waals surface area contributed by atoms with E-state index in [0.717, 1.165) is 5.92 Å². The second-order valence-electron chi connectivity index (χ2n) is 6.85. The molecular formula is C21H28ClN. The third-order valence-corrected chi connectivity index (χ3v) is 5.02. The minimum Gasteiger partial charge on any atom is -0.301 e. The van der Waals surface area contributed by atoms with Gasteiger partial charge in [0.1, 0.15) is 0 Å². The summed E-state index contributed by atoms with van der Waals surface area (Å²) in [5, 5.41) is 0. The van der Waals surface area contributed by atoms with Crippen molar-refractivity contribution in [1.29, 1.82) is 0 Å². The van der Waals surface area contributed by atoms with Crippen molar-refractivity contribution in [2.45, 2.75) is 38.6 Å². The Bertz CT molecular complexity index is 527. The molecule has 0 aromatic heterocycles. The summed E-state index contributed by atoms with van der Waals surface area (Å²) >= 11 is 0. The van der Waals surface area contributed by atoms with E-state index in [2.05, 4.69) is 79.4 Å². The number of hydrogen-bond acceptors (Lipinski definition) is 1. The van der Waals surface area contributed by atoms with Crippen molar-refractivity contribution in [1.82, 2.24) is 4.90 Å². The summed E-state index contributed by atoms with van der Waals surface area (Å²) in [5.41, 5.74) is 2.91. The Balaban J connectivity index is 0.00000192. The fraction of sp³-hybridized carbons (Fsp3) is 0.429. The summed E-state index contributed by atoms with van der Waals surface area (Å²) in [6.45, 7) is 7.15. The molecule has 23 heavy (non-hydrogen) atoms. The van der Waals surface area contributed by atoms with E-state index in [1.54, 1.807) is 0 Å². The van der Waals surface area contributed by atoms with E-state index in [4.69, 9.17) is 0 Å². The molecule has 0 saturated carbocycles. The fourth-order valence-electron chi connectivity index (χ4n) is 3.69. The molecule has 1 aliphatic rings. The highest BCUT2D eigenvalue weighted by Gasteiger charge is 2.27. The standard InChI is InChI=1S/C21H27N.ClH/c1-17(2)22-14-13-18(16-22)15-21(19-9-5-3-6-10-19)20-11-7-4-8-12-20;/h3-12,17-18,21H,13-16H2,1-2H3;1H. The average Bonchev–Trinajstić information content (AvgIpc) is 3.03. The smallest absolute Gasteiger partial charge is 0.00924 e. The van der Waals surface area contributed by atoms with Crippen LogP contribution in [0.25, 0.3) is 0 Å². The van der Waals surface area contributed by atoms with Crippen LogP contribution in [0.5, 0.6) is 0 Å². The Labute approximate surface area is 147 Å². The molecule has 0 amide bonds. The van der Waals surface area contributed by atoms with Crippen LogP contribution >= 0.6 is 12.4 Å². The lowest BCUT2D eigenvalue weighted by atomic mass is 9.83. The Hall–Kier alpha value is -1.31. The van der Waals surface area contributed by atoms with Gasteiger partial charge in [-0.05, 0) is 50.3 Å². The van der Waals surface area contributed by atoms with Gasteiger partial charge in [-0.1, -0.05) is 60.7 Å². The Kier molecular flexibility index (Phi) is 6.68. The lowest BCUT2D eigenvalue weighted by Crippen LogP contribution is -2.28. The van der Waals surface area contributed by atoms with Gasteiger partial charge in [0.15, 0.2) is 0 Å². The SMILES string of the molecule is CC(C)N1CCC(CC(c2ccccc2)c2ccccc2)C1.Cl. The highest BCUT2D eigenvalue weighted by atomic mass is 35.5. The van der Waals surface area contributed by atoms with Crippen molar-refractivity contribution in [2.75, 3.05) is 13.1 Å². The molecule has 0 N–H and O–H groups in total. The lowest BCUT2D eigenvalue weighted by Gasteiger charge is -2.23. The Morgan fingerprint density at radius 3 is 1.87 bits per heavy atom. The molecule has 2 aromatic carbocycles. The van der Waals surface area contributed by atoms with Gasteiger partial charge >= 0.3 is 0 Å². The number of rotatable bonds is 5. The molecule has 1 unspecified atom stereocenters. The number of likely N-dealkylation sites (tertiary alicyclic amines) is 1. The summed E-state index contributed by atoms with van der Waals surface area (Å²) in [6.07, 6.45) is 2.60. The quantitative estimate of drug-likeness (QED) is 0.713. The second-order valence-corrected chi connectivity index (χ2v) is 6.85. The number of hydrogen-bond donors (Lipinski definition) is 0. The van der Waals surface area contributed by atoms with Gasteiger partial charge in [-0.15, -0.1) is 12.4 Å². The molecule has 3 rings (SSSR count). The van der Waals surface area contributed by atoms with Crippen molar-refractivity contribution < 1.29 is 0 Å². The zero-order valence-electron chi connectivity index (χ0n) is 14.2. The van der Waals surface area contributed by atoms with Crippen molar-refractivity contribution in [3.05, 3.63) is 71.8 Å². The van der Waals surface area contributed by atoms with Gasteiger partial charge in [0.05, 0.1) is 0 Å². The maximum atomic E-state index is 2.62. The van der Waals surface area contributed by atoms with Gasteiger partial charge in [0.25, 0.3) is 0 Å². The van der Waals surface area contributed by atoms with Crippen molar-refractivity contribution in [2.24, 2.45) is 5.92 Å². The largest absolute Gasteiger partial charge is 0.301 e. The van der Waals surface area contributed by atoms with Crippen molar-refractivity contribution >= 4 is 12.4 Å². The lowest BCUT2D eigenvalue weighted by molar-refractivity contribution is 0.262. The third-order valence-electron chi connectivity index (χ3n) is 5.02. The molecule has 1 nitrogen and oxygen atoms in total. The van der Waals surface area contributed by atoms with Gasteiger partial charge in [-0.25, -0.2) is 0 Å². The first kappa shape index (κ1) is 18.0. The first-order valence-electron chi connectivity index (χ1n) is 8.58. The van der Waals surface area contributed by atoms with Gasteiger partial charge in [0, 0.05) is 18.5 Å². The summed E-state index contributed by atoms with van der Waals surface area (Å²) in [4.78, 5) is 2.62. The normalized spacial score (nSPS) is 18.3. The summed E-state index contributed by atoms with van der Waals surface area (Å²) in [7, 11) is 0. The summed E-state index contributed by atoms with van der Waals surface area (Å²) in [5.74, 6) is 1.34. The minimum absolute atomic E-state index is 0. The fourth-order valence-corrected chi connectivity index (χ4v) is 3.69. The second kappa shape index (κ2) is 8.52. The topological polar surface area (TPSA) is 3.24 Å². The van der Waals surface area contributed by atoms with Gasteiger partial charge in [-0.3, -0.25) is 0 Å². The highest BCUT2D eigenvalue weighted by Crippen LogP contribution is 2.34. The molecule has 124 valence electrons. The molecule has 1 fully saturated rings. The summed E-state index contributed by atoms with van der Waals surface area (Å²) < 4.78 is 0. The third kappa shape index (κ3) is 4.59. The van der Waals surface area contributed by atoms with Crippen LogP contribution in [0, 0.1) is 5.92 Å². The predicted octanol–water partition coefficient (Wildman–Crippen LogP) is 5.36. The number of benzene rings is 2. The predicted molar refractivity (Wildman–Crippen MR) is 101 cm³/mol.